The Balaban J connectivity index is 1.85. The number of hydrogen-bond acceptors (Lipinski definition) is 3. The normalized spacial score (nSPS) is 20.0. The minimum Gasteiger partial charge on any atom is -0.382 e. The number of rotatable bonds is 7. The highest BCUT2D eigenvalue weighted by atomic mass is 16.5. The SMILES string of the molecule is COCCOCCN1CCCC1c1ccccc1C. The molecule has 0 aliphatic carbocycles. The van der Waals surface area contributed by atoms with E-state index in [1.807, 2.05) is 0 Å². The lowest BCUT2D eigenvalue weighted by atomic mass is 9.99. The molecule has 1 aliphatic heterocycles. The molecule has 1 aromatic rings. The lowest BCUT2D eigenvalue weighted by Crippen LogP contribution is -2.28. The molecule has 3 nitrogen and oxygen atoms in total. The molecule has 0 radical (unpaired) electrons. The number of aryl methyl sites for hydroxylation is 1. The van der Waals surface area contributed by atoms with Crippen LogP contribution in [-0.4, -0.2) is 44.9 Å². The quantitative estimate of drug-likeness (QED) is 0.706. The van der Waals surface area contributed by atoms with Gasteiger partial charge >= 0.3 is 0 Å². The zero-order chi connectivity index (χ0) is 13.5. The van der Waals surface area contributed by atoms with Crippen molar-refractivity contribution in [3.05, 3.63) is 35.4 Å². The monoisotopic (exact) mass is 263 g/mol. The Morgan fingerprint density at radius 3 is 2.84 bits per heavy atom. The molecule has 1 unspecified atom stereocenters. The van der Waals surface area contributed by atoms with Gasteiger partial charge in [0, 0.05) is 19.7 Å². The van der Waals surface area contributed by atoms with Gasteiger partial charge in [0.1, 0.15) is 0 Å². The van der Waals surface area contributed by atoms with Crippen molar-refractivity contribution in [3.63, 3.8) is 0 Å². The van der Waals surface area contributed by atoms with Crippen LogP contribution in [0.2, 0.25) is 0 Å². The summed E-state index contributed by atoms with van der Waals surface area (Å²) in [5.41, 5.74) is 2.89. The second kappa shape index (κ2) is 7.63. The number of benzene rings is 1. The summed E-state index contributed by atoms with van der Waals surface area (Å²) in [7, 11) is 1.71. The van der Waals surface area contributed by atoms with Gasteiger partial charge in [-0.1, -0.05) is 24.3 Å². The lowest BCUT2D eigenvalue weighted by molar-refractivity contribution is 0.0551. The number of methoxy groups -OCH3 is 1. The Hall–Kier alpha value is -0.900. The van der Waals surface area contributed by atoms with Gasteiger partial charge in [0.25, 0.3) is 0 Å². The standard InChI is InChI=1S/C16H25NO2/c1-14-6-3-4-7-15(14)16-8-5-9-17(16)10-11-19-13-12-18-2/h3-4,6-7,16H,5,8-13H2,1-2H3. The molecule has 1 aromatic carbocycles. The number of hydrogen-bond donors (Lipinski definition) is 0. The van der Waals surface area contributed by atoms with Crippen LogP contribution in [0.5, 0.6) is 0 Å². The predicted molar refractivity (Wildman–Crippen MR) is 77.4 cm³/mol. The van der Waals surface area contributed by atoms with Crippen LogP contribution in [0.25, 0.3) is 0 Å². The molecule has 0 N–H and O–H groups in total. The largest absolute Gasteiger partial charge is 0.382 e. The average molecular weight is 263 g/mol. The third-order valence-corrected chi connectivity index (χ3v) is 3.87. The van der Waals surface area contributed by atoms with Crippen molar-refractivity contribution in [3.8, 4) is 0 Å². The molecule has 1 aliphatic rings. The van der Waals surface area contributed by atoms with E-state index < -0.39 is 0 Å². The highest BCUT2D eigenvalue weighted by Gasteiger charge is 2.26. The fourth-order valence-corrected chi connectivity index (χ4v) is 2.83. The summed E-state index contributed by atoms with van der Waals surface area (Å²) in [6.45, 7) is 6.59. The molecule has 106 valence electrons. The Labute approximate surface area is 116 Å². The van der Waals surface area contributed by atoms with Gasteiger partial charge in [-0.2, -0.15) is 0 Å². The molecule has 1 saturated heterocycles. The molecule has 1 atom stereocenters. The molecule has 1 heterocycles. The number of nitrogens with zero attached hydrogens (tertiary/aromatic N) is 1. The third-order valence-electron chi connectivity index (χ3n) is 3.87. The van der Waals surface area contributed by atoms with Crippen molar-refractivity contribution in [2.24, 2.45) is 0 Å². The second-order valence-electron chi connectivity index (χ2n) is 5.16. The minimum atomic E-state index is 0.576. The molecule has 19 heavy (non-hydrogen) atoms. The highest BCUT2D eigenvalue weighted by Crippen LogP contribution is 2.33. The van der Waals surface area contributed by atoms with E-state index in [4.69, 9.17) is 9.47 Å². The molecule has 0 saturated carbocycles. The topological polar surface area (TPSA) is 21.7 Å². The van der Waals surface area contributed by atoms with E-state index in [1.165, 1.54) is 30.5 Å². The van der Waals surface area contributed by atoms with Crippen LogP contribution < -0.4 is 0 Å². The van der Waals surface area contributed by atoms with E-state index in [9.17, 15) is 0 Å². The van der Waals surface area contributed by atoms with E-state index in [2.05, 4.69) is 36.1 Å². The first-order chi connectivity index (χ1) is 9.33. The van der Waals surface area contributed by atoms with Crippen molar-refractivity contribution in [1.82, 2.24) is 4.90 Å². The van der Waals surface area contributed by atoms with Crippen LogP contribution >= 0.6 is 0 Å². The van der Waals surface area contributed by atoms with Crippen LogP contribution in [0.3, 0.4) is 0 Å². The van der Waals surface area contributed by atoms with Crippen LogP contribution in [0.1, 0.15) is 30.0 Å². The van der Waals surface area contributed by atoms with Crippen LogP contribution in [-0.2, 0) is 9.47 Å². The maximum atomic E-state index is 5.58. The molecule has 0 bridgehead atoms. The number of likely N-dealkylation sites (tertiary alicyclic amines) is 1. The van der Waals surface area contributed by atoms with Crippen molar-refractivity contribution in [2.45, 2.75) is 25.8 Å². The predicted octanol–water partition coefficient (Wildman–Crippen LogP) is 2.79. The summed E-state index contributed by atoms with van der Waals surface area (Å²) in [6, 6.07) is 9.32. The molecule has 0 amide bonds. The second-order valence-corrected chi connectivity index (χ2v) is 5.16. The van der Waals surface area contributed by atoms with E-state index >= 15 is 0 Å². The summed E-state index contributed by atoms with van der Waals surface area (Å²) in [6.07, 6.45) is 2.56. The first kappa shape index (κ1) is 14.5. The van der Waals surface area contributed by atoms with E-state index in [0.29, 0.717) is 19.3 Å². The van der Waals surface area contributed by atoms with E-state index in [0.717, 1.165) is 13.2 Å². The summed E-state index contributed by atoms with van der Waals surface area (Å²) in [5.74, 6) is 0. The average Bonchev–Trinajstić information content (AvgIpc) is 2.87. The van der Waals surface area contributed by atoms with Crippen molar-refractivity contribution >= 4 is 0 Å². The van der Waals surface area contributed by atoms with Gasteiger partial charge in [-0.25, -0.2) is 0 Å². The van der Waals surface area contributed by atoms with Crippen molar-refractivity contribution in [2.75, 3.05) is 40.0 Å². The Kier molecular flexibility index (Phi) is 5.83. The fourth-order valence-electron chi connectivity index (χ4n) is 2.83. The highest BCUT2D eigenvalue weighted by molar-refractivity contribution is 5.29. The van der Waals surface area contributed by atoms with E-state index in [-0.39, 0.29) is 0 Å². The molecule has 1 fully saturated rings. The first-order valence-corrected chi connectivity index (χ1v) is 7.19. The lowest BCUT2D eigenvalue weighted by Gasteiger charge is -2.26. The van der Waals surface area contributed by atoms with Crippen LogP contribution in [0, 0.1) is 6.92 Å². The molecule has 0 aromatic heterocycles. The fraction of sp³-hybridized carbons (Fsp3) is 0.625. The van der Waals surface area contributed by atoms with Crippen LogP contribution in [0.15, 0.2) is 24.3 Å². The van der Waals surface area contributed by atoms with Gasteiger partial charge in [0.2, 0.25) is 0 Å². The summed E-state index contributed by atoms with van der Waals surface area (Å²) in [4.78, 5) is 2.55. The minimum absolute atomic E-state index is 0.576. The summed E-state index contributed by atoms with van der Waals surface area (Å²) >= 11 is 0. The molecule has 2 rings (SSSR count). The Morgan fingerprint density at radius 2 is 2.05 bits per heavy atom. The van der Waals surface area contributed by atoms with Gasteiger partial charge in [-0.05, 0) is 37.4 Å². The Morgan fingerprint density at radius 1 is 1.21 bits per heavy atom. The zero-order valence-electron chi connectivity index (χ0n) is 12.1. The van der Waals surface area contributed by atoms with Gasteiger partial charge in [-0.15, -0.1) is 0 Å². The maximum Gasteiger partial charge on any atom is 0.0700 e. The number of ether oxygens (including phenoxy) is 2. The van der Waals surface area contributed by atoms with Gasteiger partial charge in [-0.3, -0.25) is 4.90 Å². The summed E-state index contributed by atoms with van der Waals surface area (Å²) < 4.78 is 10.6. The first-order valence-electron chi connectivity index (χ1n) is 7.19. The third kappa shape index (κ3) is 4.03. The van der Waals surface area contributed by atoms with Gasteiger partial charge in [0.05, 0.1) is 19.8 Å². The van der Waals surface area contributed by atoms with Gasteiger partial charge < -0.3 is 9.47 Å². The molecular weight excluding hydrogens is 238 g/mol. The molecular formula is C16H25NO2. The molecule has 3 heteroatoms. The Bertz CT molecular complexity index is 381. The van der Waals surface area contributed by atoms with Crippen molar-refractivity contribution < 1.29 is 9.47 Å². The van der Waals surface area contributed by atoms with Gasteiger partial charge in [0.15, 0.2) is 0 Å². The molecule has 0 spiro atoms. The maximum absolute atomic E-state index is 5.58. The summed E-state index contributed by atoms with van der Waals surface area (Å²) in [5, 5.41) is 0. The van der Waals surface area contributed by atoms with Crippen molar-refractivity contribution in [1.29, 1.82) is 0 Å². The van der Waals surface area contributed by atoms with Crippen LogP contribution in [0.4, 0.5) is 0 Å². The van der Waals surface area contributed by atoms with E-state index in [1.54, 1.807) is 7.11 Å². The smallest absolute Gasteiger partial charge is 0.0700 e. The zero-order valence-corrected chi connectivity index (χ0v) is 12.1.